The van der Waals surface area contributed by atoms with Crippen molar-refractivity contribution in [2.45, 2.75) is 25.9 Å². The van der Waals surface area contributed by atoms with Gasteiger partial charge in [0.25, 0.3) is 0 Å². The van der Waals surface area contributed by atoms with Gasteiger partial charge in [-0.15, -0.1) is 12.4 Å². The lowest BCUT2D eigenvalue weighted by Crippen LogP contribution is -2.31. The van der Waals surface area contributed by atoms with E-state index in [4.69, 9.17) is 5.11 Å². The molecule has 0 aliphatic carbocycles. The lowest BCUT2D eigenvalue weighted by atomic mass is 10.2. The van der Waals surface area contributed by atoms with Gasteiger partial charge in [-0.05, 0) is 24.1 Å². The number of nitrogens with one attached hydrogen (secondary N) is 1. The standard InChI is InChI=1S/C11H16BrNO.ClH/c1-2-11(8-14)13-7-9-3-5-10(12)6-4-9;/h3-6,11,13-14H,2,7-8H2,1H3;1H. The Morgan fingerprint density at radius 1 is 1.33 bits per heavy atom. The van der Waals surface area contributed by atoms with E-state index in [0.717, 1.165) is 17.4 Å². The van der Waals surface area contributed by atoms with Gasteiger partial charge in [-0.2, -0.15) is 0 Å². The van der Waals surface area contributed by atoms with Crippen LogP contribution in [0.15, 0.2) is 28.7 Å². The molecular weight excluding hydrogens is 277 g/mol. The second kappa shape index (κ2) is 8.11. The number of aliphatic hydroxyl groups is 1. The van der Waals surface area contributed by atoms with Crippen LogP contribution < -0.4 is 5.32 Å². The van der Waals surface area contributed by atoms with Crippen LogP contribution in [0.2, 0.25) is 0 Å². The van der Waals surface area contributed by atoms with Crippen molar-refractivity contribution in [1.82, 2.24) is 5.32 Å². The molecule has 2 N–H and O–H groups in total. The van der Waals surface area contributed by atoms with Crippen LogP contribution >= 0.6 is 28.3 Å². The van der Waals surface area contributed by atoms with E-state index >= 15 is 0 Å². The van der Waals surface area contributed by atoms with Gasteiger partial charge in [0, 0.05) is 17.1 Å². The Morgan fingerprint density at radius 2 is 1.93 bits per heavy atom. The van der Waals surface area contributed by atoms with Crippen molar-refractivity contribution in [3.63, 3.8) is 0 Å². The fourth-order valence-electron chi connectivity index (χ4n) is 1.20. The number of halogens is 2. The maximum Gasteiger partial charge on any atom is 0.0584 e. The SMILES string of the molecule is CCC(CO)NCc1ccc(Br)cc1.Cl. The third kappa shape index (κ3) is 5.52. The van der Waals surface area contributed by atoms with E-state index in [1.165, 1.54) is 5.56 Å². The molecule has 1 aromatic rings. The number of benzene rings is 1. The molecule has 4 heteroatoms. The van der Waals surface area contributed by atoms with Crippen molar-refractivity contribution in [2.24, 2.45) is 0 Å². The first-order chi connectivity index (χ1) is 6.76. The van der Waals surface area contributed by atoms with E-state index in [2.05, 4.69) is 40.3 Å². The second-order valence-corrected chi connectivity index (χ2v) is 4.21. The summed E-state index contributed by atoms with van der Waals surface area (Å²) in [6.07, 6.45) is 0.951. The molecule has 0 spiro atoms. The summed E-state index contributed by atoms with van der Waals surface area (Å²) >= 11 is 3.39. The summed E-state index contributed by atoms with van der Waals surface area (Å²) in [4.78, 5) is 0. The zero-order valence-electron chi connectivity index (χ0n) is 8.74. The lowest BCUT2D eigenvalue weighted by molar-refractivity contribution is 0.238. The molecule has 1 unspecified atom stereocenters. The summed E-state index contributed by atoms with van der Waals surface area (Å²) in [6.45, 7) is 3.08. The molecule has 0 aromatic heterocycles. The van der Waals surface area contributed by atoms with Gasteiger partial charge in [0.15, 0.2) is 0 Å². The van der Waals surface area contributed by atoms with Crippen molar-refractivity contribution in [3.05, 3.63) is 34.3 Å². The minimum Gasteiger partial charge on any atom is -0.395 e. The highest BCUT2D eigenvalue weighted by molar-refractivity contribution is 9.10. The predicted octanol–water partition coefficient (Wildman–Crippen LogP) is 2.73. The Hall–Kier alpha value is -0.0900. The Morgan fingerprint density at radius 3 is 2.40 bits per heavy atom. The topological polar surface area (TPSA) is 32.3 Å². The van der Waals surface area contributed by atoms with Gasteiger partial charge < -0.3 is 10.4 Å². The van der Waals surface area contributed by atoms with Crippen LogP contribution in [0, 0.1) is 0 Å². The van der Waals surface area contributed by atoms with Crippen LogP contribution in [0.3, 0.4) is 0 Å². The molecule has 0 saturated heterocycles. The third-order valence-corrected chi connectivity index (χ3v) is 2.75. The number of hydrogen-bond donors (Lipinski definition) is 2. The molecule has 0 bridgehead atoms. The quantitative estimate of drug-likeness (QED) is 0.875. The third-order valence-electron chi connectivity index (χ3n) is 2.22. The zero-order chi connectivity index (χ0) is 10.4. The second-order valence-electron chi connectivity index (χ2n) is 3.30. The summed E-state index contributed by atoms with van der Waals surface area (Å²) in [6, 6.07) is 8.40. The summed E-state index contributed by atoms with van der Waals surface area (Å²) in [5, 5.41) is 12.3. The van der Waals surface area contributed by atoms with Gasteiger partial charge in [0.1, 0.15) is 0 Å². The molecular formula is C11H17BrClNO. The van der Waals surface area contributed by atoms with Crippen LogP contribution in [0.5, 0.6) is 0 Å². The molecule has 86 valence electrons. The Balaban J connectivity index is 0.00000196. The van der Waals surface area contributed by atoms with Gasteiger partial charge in [-0.3, -0.25) is 0 Å². The van der Waals surface area contributed by atoms with Crippen molar-refractivity contribution in [2.75, 3.05) is 6.61 Å². The molecule has 0 aliphatic heterocycles. The van der Waals surface area contributed by atoms with E-state index in [-0.39, 0.29) is 25.1 Å². The fourth-order valence-corrected chi connectivity index (χ4v) is 1.47. The maximum atomic E-state index is 8.98. The first kappa shape index (κ1) is 14.9. The number of aliphatic hydroxyl groups excluding tert-OH is 1. The average molecular weight is 295 g/mol. The minimum atomic E-state index is 0. The largest absolute Gasteiger partial charge is 0.395 e. The highest BCUT2D eigenvalue weighted by Crippen LogP contribution is 2.10. The van der Waals surface area contributed by atoms with Crippen LogP contribution in [0.1, 0.15) is 18.9 Å². The molecule has 1 aromatic carbocycles. The van der Waals surface area contributed by atoms with Crippen LogP contribution in [-0.2, 0) is 6.54 Å². The average Bonchev–Trinajstić information content (AvgIpc) is 2.22. The first-order valence-corrected chi connectivity index (χ1v) is 5.64. The first-order valence-electron chi connectivity index (χ1n) is 4.85. The van der Waals surface area contributed by atoms with Gasteiger partial charge in [0.2, 0.25) is 0 Å². The number of rotatable bonds is 5. The van der Waals surface area contributed by atoms with E-state index in [1.807, 2.05) is 12.1 Å². The van der Waals surface area contributed by atoms with E-state index in [9.17, 15) is 0 Å². The molecule has 0 fully saturated rings. The Labute approximate surface area is 106 Å². The zero-order valence-corrected chi connectivity index (χ0v) is 11.1. The molecule has 1 rings (SSSR count). The van der Waals surface area contributed by atoms with Crippen molar-refractivity contribution in [3.8, 4) is 0 Å². The summed E-state index contributed by atoms with van der Waals surface area (Å²) in [5.41, 5.74) is 1.24. The molecule has 0 saturated carbocycles. The normalized spacial score (nSPS) is 11.9. The molecule has 0 amide bonds. The highest BCUT2D eigenvalue weighted by atomic mass is 79.9. The number of hydrogen-bond acceptors (Lipinski definition) is 2. The van der Waals surface area contributed by atoms with Crippen LogP contribution in [0.25, 0.3) is 0 Å². The summed E-state index contributed by atoms with van der Waals surface area (Å²) < 4.78 is 1.09. The Kier molecular flexibility index (Phi) is 8.06. The van der Waals surface area contributed by atoms with Crippen LogP contribution in [-0.4, -0.2) is 17.8 Å². The van der Waals surface area contributed by atoms with Crippen LogP contribution in [0.4, 0.5) is 0 Å². The Bertz CT molecular complexity index is 262. The van der Waals surface area contributed by atoms with E-state index < -0.39 is 0 Å². The van der Waals surface area contributed by atoms with E-state index in [1.54, 1.807) is 0 Å². The van der Waals surface area contributed by atoms with E-state index in [0.29, 0.717) is 0 Å². The molecule has 2 nitrogen and oxygen atoms in total. The van der Waals surface area contributed by atoms with Gasteiger partial charge in [-0.25, -0.2) is 0 Å². The van der Waals surface area contributed by atoms with Gasteiger partial charge >= 0.3 is 0 Å². The molecule has 0 aliphatic rings. The van der Waals surface area contributed by atoms with Gasteiger partial charge in [0.05, 0.1) is 6.61 Å². The minimum absolute atomic E-state index is 0. The molecule has 0 heterocycles. The molecule has 1 atom stereocenters. The highest BCUT2D eigenvalue weighted by Gasteiger charge is 2.02. The smallest absolute Gasteiger partial charge is 0.0584 e. The fraction of sp³-hybridized carbons (Fsp3) is 0.455. The van der Waals surface area contributed by atoms with Gasteiger partial charge in [-0.1, -0.05) is 35.0 Å². The maximum absolute atomic E-state index is 8.98. The lowest BCUT2D eigenvalue weighted by Gasteiger charge is -2.13. The van der Waals surface area contributed by atoms with Crippen molar-refractivity contribution in [1.29, 1.82) is 0 Å². The van der Waals surface area contributed by atoms with Crippen molar-refractivity contribution < 1.29 is 5.11 Å². The molecule has 0 radical (unpaired) electrons. The van der Waals surface area contributed by atoms with Crippen molar-refractivity contribution >= 4 is 28.3 Å². The monoisotopic (exact) mass is 293 g/mol. The predicted molar refractivity (Wildman–Crippen MR) is 69.4 cm³/mol. The summed E-state index contributed by atoms with van der Waals surface area (Å²) in [5.74, 6) is 0. The summed E-state index contributed by atoms with van der Waals surface area (Å²) in [7, 11) is 0. The molecule has 15 heavy (non-hydrogen) atoms.